The van der Waals surface area contributed by atoms with Gasteiger partial charge in [-0.2, -0.15) is 0 Å². The number of phenolic OH excluding ortho intramolecular Hbond substituents is 2. The Morgan fingerprint density at radius 2 is 1.74 bits per heavy atom. The highest BCUT2D eigenvalue weighted by atomic mass is 16.8. The van der Waals surface area contributed by atoms with Crippen LogP contribution in [-0.4, -0.2) is 115 Å². The lowest BCUT2D eigenvalue weighted by Gasteiger charge is -2.42. The quantitative estimate of drug-likeness (QED) is 0.134. The lowest BCUT2D eigenvalue weighted by atomic mass is 9.98. The summed E-state index contributed by atoms with van der Waals surface area (Å²) in [7, 11) is 0. The molecule has 8 atom stereocenters. The number of allylic oxidation sites excluding steroid dienone is 1. The fraction of sp³-hybridized carbons (Fsp3) is 0.423. The number of carbonyl (C=O) groups excluding carboxylic acids is 1. The average Bonchev–Trinajstić information content (AvgIpc) is 3.21. The highest BCUT2D eigenvalue weighted by Gasteiger charge is 2.53. The van der Waals surface area contributed by atoms with Crippen molar-refractivity contribution >= 4 is 11.9 Å². The van der Waals surface area contributed by atoms with E-state index in [4.69, 9.17) is 18.9 Å². The molecule has 4 rings (SSSR count). The van der Waals surface area contributed by atoms with Crippen molar-refractivity contribution in [2.24, 2.45) is 0 Å². The van der Waals surface area contributed by atoms with Gasteiger partial charge in [-0.05, 0) is 35.9 Å². The molecule has 2 heterocycles. The smallest absolute Gasteiger partial charge is 0.229 e. The molecular weight excluding hydrogens is 520 g/mol. The molecule has 0 amide bonds. The van der Waals surface area contributed by atoms with Crippen LogP contribution in [0.5, 0.6) is 17.2 Å². The molecule has 39 heavy (non-hydrogen) atoms. The third-order valence-electron chi connectivity index (χ3n) is 6.50. The summed E-state index contributed by atoms with van der Waals surface area (Å²) in [5.41, 5.74) is -1.42. The van der Waals surface area contributed by atoms with Crippen molar-refractivity contribution in [3.8, 4) is 17.2 Å². The van der Waals surface area contributed by atoms with Crippen LogP contribution in [0.25, 0.3) is 6.08 Å². The van der Waals surface area contributed by atoms with E-state index >= 15 is 0 Å². The van der Waals surface area contributed by atoms with Gasteiger partial charge in [-0.1, -0.05) is 18.2 Å². The first-order valence-corrected chi connectivity index (χ1v) is 12.0. The zero-order chi connectivity index (χ0) is 28.3. The van der Waals surface area contributed by atoms with Crippen LogP contribution >= 0.6 is 0 Å². The van der Waals surface area contributed by atoms with E-state index < -0.39 is 80.1 Å². The Hall–Kier alpha value is -3.11. The van der Waals surface area contributed by atoms with Crippen LogP contribution < -0.4 is 4.74 Å². The summed E-state index contributed by atoms with van der Waals surface area (Å²) in [5.74, 6) is -0.926. The fourth-order valence-corrected chi connectivity index (χ4v) is 4.13. The first kappa shape index (κ1) is 28.9. The summed E-state index contributed by atoms with van der Waals surface area (Å²) in [5, 5.41) is 80.2. The number of aliphatic hydroxyl groups is 6. The second kappa shape index (κ2) is 12.0. The molecule has 2 fully saturated rings. The Labute approximate surface area is 222 Å². The summed E-state index contributed by atoms with van der Waals surface area (Å²) >= 11 is 0. The highest BCUT2D eigenvalue weighted by molar-refractivity contribution is 6.08. The van der Waals surface area contributed by atoms with Crippen LogP contribution in [0.15, 0.2) is 48.5 Å². The van der Waals surface area contributed by atoms with Gasteiger partial charge in [0.1, 0.15) is 47.3 Å². The van der Waals surface area contributed by atoms with Crippen molar-refractivity contribution in [1.29, 1.82) is 0 Å². The van der Waals surface area contributed by atoms with Crippen LogP contribution in [0.1, 0.15) is 15.9 Å². The van der Waals surface area contributed by atoms with E-state index in [0.29, 0.717) is 5.56 Å². The summed E-state index contributed by atoms with van der Waals surface area (Å²) in [6.07, 6.45) is -8.18. The monoisotopic (exact) mass is 550 g/mol. The zero-order valence-corrected chi connectivity index (χ0v) is 20.5. The van der Waals surface area contributed by atoms with Crippen molar-refractivity contribution in [2.75, 3.05) is 19.8 Å². The van der Waals surface area contributed by atoms with Crippen molar-refractivity contribution in [3.05, 3.63) is 59.7 Å². The van der Waals surface area contributed by atoms with Gasteiger partial charge in [-0.15, -0.1) is 0 Å². The first-order chi connectivity index (χ1) is 18.6. The van der Waals surface area contributed by atoms with Crippen LogP contribution in [0.3, 0.4) is 0 Å². The number of rotatable bonds is 9. The molecule has 2 aromatic rings. The van der Waals surface area contributed by atoms with Gasteiger partial charge < -0.3 is 59.8 Å². The Bertz CT molecular complexity index is 1170. The Balaban J connectivity index is 1.50. The standard InChI is InChI=1S/C26H30O13/c27-10-19-20(32)21(33)22(39-25-23(34)26(35,11-28)12-36-25)24(38-19)37-15-6-7-16(18(31)9-15)17(30)8-3-13-1-4-14(29)5-2-13/h1-9,19-25,27-29,31-35H,10-12H2/b8-3+/t19-,20-,21+,22-,23-,24+,25-,26+/m1/s1. The van der Waals surface area contributed by atoms with E-state index in [0.717, 1.165) is 6.07 Å². The van der Waals surface area contributed by atoms with Gasteiger partial charge in [-0.3, -0.25) is 4.79 Å². The van der Waals surface area contributed by atoms with Gasteiger partial charge in [0.25, 0.3) is 0 Å². The minimum Gasteiger partial charge on any atom is -0.508 e. The number of benzene rings is 2. The molecule has 0 unspecified atom stereocenters. The van der Waals surface area contributed by atoms with Gasteiger partial charge in [0, 0.05) is 6.07 Å². The zero-order valence-electron chi connectivity index (χ0n) is 20.5. The molecule has 0 saturated carbocycles. The molecule has 13 heteroatoms. The van der Waals surface area contributed by atoms with Gasteiger partial charge in [-0.25, -0.2) is 0 Å². The number of aliphatic hydroxyl groups excluding tert-OH is 5. The maximum absolute atomic E-state index is 12.6. The largest absolute Gasteiger partial charge is 0.508 e. The number of carbonyl (C=O) groups is 1. The molecule has 8 N–H and O–H groups in total. The topological polar surface area (TPSA) is 216 Å². The third-order valence-corrected chi connectivity index (χ3v) is 6.50. The molecule has 0 aromatic heterocycles. The minimum atomic E-state index is -2.02. The predicted octanol–water partition coefficient (Wildman–Crippen LogP) is -1.36. The Morgan fingerprint density at radius 3 is 2.36 bits per heavy atom. The van der Waals surface area contributed by atoms with E-state index in [-0.39, 0.29) is 17.1 Å². The van der Waals surface area contributed by atoms with E-state index in [1.54, 1.807) is 12.1 Å². The average molecular weight is 551 g/mol. The molecule has 212 valence electrons. The molecule has 0 spiro atoms. The Kier molecular flexibility index (Phi) is 8.86. The van der Waals surface area contributed by atoms with E-state index in [2.05, 4.69) is 0 Å². The second-order valence-corrected chi connectivity index (χ2v) is 9.28. The minimum absolute atomic E-state index is 0.0369. The number of aromatic hydroxyl groups is 2. The summed E-state index contributed by atoms with van der Waals surface area (Å²) in [6.45, 7) is -2.00. The summed E-state index contributed by atoms with van der Waals surface area (Å²) in [6, 6.07) is 9.85. The molecule has 2 aliphatic rings. The van der Waals surface area contributed by atoms with Crippen LogP contribution in [0.4, 0.5) is 0 Å². The van der Waals surface area contributed by atoms with E-state index in [9.17, 15) is 45.6 Å². The normalized spacial score (nSPS) is 32.9. The van der Waals surface area contributed by atoms with E-state index in [1.165, 1.54) is 36.4 Å². The lowest BCUT2D eigenvalue weighted by Crippen LogP contribution is -2.62. The number of ether oxygens (including phenoxy) is 4. The molecule has 0 bridgehead atoms. The molecule has 2 aliphatic heterocycles. The van der Waals surface area contributed by atoms with Gasteiger partial charge in [0.15, 0.2) is 18.2 Å². The van der Waals surface area contributed by atoms with Crippen LogP contribution in [-0.2, 0) is 14.2 Å². The summed E-state index contributed by atoms with van der Waals surface area (Å²) in [4.78, 5) is 12.6. The van der Waals surface area contributed by atoms with E-state index in [1.807, 2.05) is 0 Å². The molecule has 13 nitrogen and oxygen atoms in total. The molecule has 0 radical (unpaired) electrons. The van der Waals surface area contributed by atoms with Crippen molar-refractivity contribution in [3.63, 3.8) is 0 Å². The molecule has 2 saturated heterocycles. The second-order valence-electron chi connectivity index (χ2n) is 9.28. The van der Waals surface area contributed by atoms with Crippen LogP contribution in [0, 0.1) is 0 Å². The van der Waals surface area contributed by atoms with Crippen molar-refractivity contribution < 1.29 is 64.6 Å². The van der Waals surface area contributed by atoms with Gasteiger partial charge >= 0.3 is 0 Å². The maximum Gasteiger partial charge on any atom is 0.229 e. The van der Waals surface area contributed by atoms with Crippen molar-refractivity contribution in [1.82, 2.24) is 0 Å². The predicted molar refractivity (Wildman–Crippen MR) is 131 cm³/mol. The highest BCUT2D eigenvalue weighted by Crippen LogP contribution is 2.33. The summed E-state index contributed by atoms with van der Waals surface area (Å²) < 4.78 is 22.0. The SMILES string of the molecule is O=C(/C=C/c1ccc(O)cc1)c1ccc(O[C@H]2O[C@H](CO)[C@@H](O)[C@H](O)[C@H]2O[C@H]2OC[C@@](O)(CO)[C@@H]2O)cc1O. The van der Waals surface area contributed by atoms with Gasteiger partial charge in [0.2, 0.25) is 6.29 Å². The lowest BCUT2D eigenvalue weighted by molar-refractivity contribution is -0.318. The maximum atomic E-state index is 12.6. The Morgan fingerprint density at radius 1 is 1.03 bits per heavy atom. The first-order valence-electron chi connectivity index (χ1n) is 12.0. The number of hydrogen-bond donors (Lipinski definition) is 8. The number of hydrogen-bond acceptors (Lipinski definition) is 13. The third kappa shape index (κ3) is 6.22. The van der Waals surface area contributed by atoms with Gasteiger partial charge in [0.05, 0.1) is 25.4 Å². The fourth-order valence-electron chi connectivity index (χ4n) is 4.13. The number of ketones is 1. The van der Waals surface area contributed by atoms with Crippen molar-refractivity contribution in [2.45, 2.75) is 48.7 Å². The molecular formula is C26H30O13. The molecule has 0 aliphatic carbocycles. The molecule has 2 aromatic carbocycles. The van der Waals surface area contributed by atoms with Crippen LogP contribution in [0.2, 0.25) is 0 Å². The number of phenols is 2.